The van der Waals surface area contributed by atoms with Crippen LogP contribution in [0.15, 0.2) is 18.2 Å². The van der Waals surface area contributed by atoms with Gasteiger partial charge in [0.05, 0.1) is 7.11 Å². The predicted molar refractivity (Wildman–Crippen MR) is 73.6 cm³/mol. The molecule has 0 aliphatic heterocycles. The van der Waals surface area contributed by atoms with Crippen molar-refractivity contribution in [3.8, 4) is 11.9 Å². The van der Waals surface area contributed by atoms with Gasteiger partial charge in [0, 0.05) is 13.6 Å². The molecule has 0 aromatic heterocycles. The molecule has 0 radical (unpaired) electrons. The summed E-state index contributed by atoms with van der Waals surface area (Å²) in [5.41, 5.74) is 2.51. The molecule has 3 nitrogen and oxygen atoms in total. The largest absolute Gasteiger partial charge is 0.496 e. The monoisotopic (exact) mass is 246 g/mol. The SMILES string of the molecule is COc1ccc(CCN(C)C#N)cc1C(C)(C)C. The normalized spacial score (nSPS) is 10.9. The van der Waals surface area contributed by atoms with E-state index in [4.69, 9.17) is 10.00 Å². The fraction of sp³-hybridized carbons (Fsp3) is 0.533. The van der Waals surface area contributed by atoms with Gasteiger partial charge in [0.15, 0.2) is 6.19 Å². The third-order valence-corrected chi connectivity index (χ3v) is 2.98. The Hall–Kier alpha value is -1.69. The lowest BCUT2D eigenvalue weighted by molar-refractivity contribution is 0.397. The number of likely N-dealkylation sites (N-methyl/N-ethyl adjacent to an activating group) is 1. The molecule has 0 aliphatic carbocycles. The maximum atomic E-state index is 8.73. The lowest BCUT2D eigenvalue weighted by atomic mass is 9.85. The topological polar surface area (TPSA) is 36.3 Å². The number of hydrogen-bond acceptors (Lipinski definition) is 3. The van der Waals surface area contributed by atoms with Gasteiger partial charge in [-0.1, -0.05) is 32.9 Å². The first-order valence-electron chi connectivity index (χ1n) is 6.16. The Morgan fingerprint density at radius 3 is 2.50 bits per heavy atom. The molecule has 0 amide bonds. The number of nitriles is 1. The average Bonchev–Trinajstić information content (AvgIpc) is 2.34. The Balaban J connectivity index is 2.94. The summed E-state index contributed by atoms with van der Waals surface area (Å²) in [5, 5.41) is 8.73. The van der Waals surface area contributed by atoms with Crippen molar-refractivity contribution in [3.05, 3.63) is 29.3 Å². The minimum Gasteiger partial charge on any atom is -0.496 e. The van der Waals surface area contributed by atoms with Crippen LogP contribution in [-0.2, 0) is 11.8 Å². The van der Waals surface area contributed by atoms with E-state index < -0.39 is 0 Å². The van der Waals surface area contributed by atoms with E-state index in [0.717, 1.165) is 18.7 Å². The van der Waals surface area contributed by atoms with Crippen LogP contribution >= 0.6 is 0 Å². The van der Waals surface area contributed by atoms with Crippen LogP contribution in [-0.4, -0.2) is 25.6 Å². The second kappa shape index (κ2) is 5.77. The Morgan fingerprint density at radius 1 is 1.33 bits per heavy atom. The van der Waals surface area contributed by atoms with Gasteiger partial charge < -0.3 is 9.64 Å². The minimum atomic E-state index is 0.0580. The van der Waals surface area contributed by atoms with E-state index in [1.54, 1.807) is 19.1 Å². The van der Waals surface area contributed by atoms with E-state index in [1.165, 1.54) is 11.1 Å². The third kappa shape index (κ3) is 3.66. The van der Waals surface area contributed by atoms with E-state index in [0.29, 0.717) is 0 Å². The van der Waals surface area contributed by atoms with Gasteiger partial charge in [-0.2, -0.15) is 5.26 Å². The van der Waals surface area contributed by atoms with Crippen molar-refractivity contribution in [2.75, 3.05) is 20.7 Å². The van der Waals surface area contributed by atoms with Crippen LogP contribution in [0.25, 0.3) is 0 Å². The second-order valence-corrected chi connectivity index (χ2v) is 5.56. The number of rotatable bonds is 4. The lowest BCUT2D eigenvalue weighted by Gasteiger charge is -2.23. The molecule has 0 N–H and O–H groups in total. The van der Waals surface area contributed by atoms with Crippen molar-refractivity contribution in [1.29, 1.82) is 5.26 Å². The van der Waals surface area contributed by atoms with Gasteiger partial charge in [0.2, 0.25) is 0 Å². The van der Waals surface area contributed by atoms with Crippen LogP contribution in [0.1, 0.15) is 31.9 Å². The zero-order valence-corrected chi connectivity index (χ0v) is 11.9. The van der Waals surface area contributed by atoms with Gasteiger partial charge in [-0.15, -0.1) is 0 Å². The molecule has 0 saturated heterocycles. The van der Waals surface area contributed by atoms with Crippen LogP contribution < -0.4 is 4.74 Å². The van der Waals surface area contributed by atoms with Crippen molar-refractivity contribution in [2.45, 2.75) is 32.6 Å². The molecule has 0 heterocycles. The van der Waals surface area contributed by atoms with Crippen molar-refractivity contribution in [1.82, 2.24) is 4.90 Å². The summed E-state index contributed by atoms with van der Waals surface area (Å²) in [6.45, 7) is 7.27. The van der Waals surface area contributed by atoms with Crippen molar-refractivity contribution < 1.29 is 4.74 Å². The zero-order valence-electron chi connectivity index (χ0n) is 11.9. The summed E-state index contributed by atoms with van der Waals surface area (Å²) in [4.78, 5) is 1.64. The quantitative estimate of drug-likeness (QED) is 0.605. The summed E-state index contributed by atoms with van der Waals surface area (Å²) < 4.78 is 5.41. The molecule has 0 unspecified atom stereocenters. The van der Waals surface area contributed by atoms with E-state index in [-0.39, 0.29) is 5.41 Å². The van der Waals surface area contributed by atoms with E-state index in [1.807, 2.05) is 6.07 Å². The number of ether oxygens (including phenoxy) is 1. The first-order valence-corrected chi connectivity index (χ1v) is 6.16. The summed E-state index contributed by atoms with van der Waals surface area (Å²) in [7, 11) is 3.50. The summed E-state index contributed by atoms with van der Waals surface area (Å²) in [6, 6.07) is 6.27. The maximum absolute atomic E-state index is 8.73. The maximum Gasteiger partial charge on any atom is 0.179 e. The summed E-state index contributed by atoms with van der Waals surface area (Å²) in [6.07, 6.45) is 2.98. The highest BCUT2D eigenvalue weighted by molar-refractivity contribution is 5.41. The van der Waals surface area contributed by atoms with Gasteiger partial charge in [0.25, 0.3) is 0 Å². The van der Waals surface area contributed by atoms with Crippen LogP contribution in [0.4, 0.5) is 0 Å². The fourth-order valence-electron chi connectivity index (χ4n) is 1.84. The highest BCUT2D eigenvalue weighted by Crippen LogP contribution is 2.32. The van der Waals surface area contributed by atoms with Crippen LogP contribution in [0, 0.1) is 11.5 Å². The molecule has 3 heteroatoms. The van der Waals surface area contributed by atoms with E-state index in [9.17, 15) is 0 Å². The highest BCUT2D eigenvalue weighted by Gasteiger charge is 2.19. The Morgan fingerprint density at radius 2 is 2.00 bits per heavy atom. The van der Waals surface area contributed by atoms with Crippen LogP contribution in [0.3, 0.4) is 0 Å². The van der Waals surface area contributed by atoms with E-state index >= 15 is 0 Å². The van der Waals surface area contributed by atoms with Crippen molar-refractivity contribution in [2.24, 2.45) is 0 Å². The van der Waals surface area contributed by atoms with Gasteiger partial charge in [0.1, 0.15) is 5.75 Å². The number of nitrogens with zero attached hydrogens (tertiary/aromatic N) is 2. The van der Waals surface area contributed by atoms with Crippen LogP contribution in [0.5, 0.6) is 5.75 Å². The summed E-state index contributed by atoms with van der Waals surface area (Å²) >= 11 is 0. The first kappa shape index (κ1) is 14.4. The van der Waals surface area contributed by atoms with Crippen LogP contribution in [0.2, 0.25) is 0 Å². The number of methoxy groups -OCH3 is 1. The molecular weight excluding hydrogens is 224 g/mol. The predicted octanol–water partition coefficient (Wildman–Crippen LogP) is 2.95. The van der Waals surface area contributed by atoms with Crippen molar-refractivity contribution >= 4 is 0 Å². The zero-order chi connectivity index (χ0) is 13.8. The Kier molecular flexibility index (Phi) is 4.61. The molecule has 98 valence electrons. The molecule has 1 aromatic rings. The van der Waals surface area contributed by atoms with Gasteiger partial charge in [-0.05, 0) is 29.0 Å². The molecule has 0 saturated carbocycles. The van der Waals surface area contributed by atoms with Crippen molar-refractivity contribution in [3.63, 3.8) is 0 Å². The minimum absolute atomic E-state index is 0.0580. The first-order chi connectivity index (χ1) is 8.38. The molecular formula is C15H22N2O. The average molecular weight is 246 g/mol. The molecule has 0 aliphatic rings. The molecule has 1 rings (SSSR count). The Bertz CT molecular complexity index is 441. The molecule has 0 spiro atoms. The van der Waals surface area contributed by atoms with Gasteiger partial charge >= 0.3 is 0 Å². The third-order valence-electron chi connectivity index (χ3n) is 2.98. The molecule has 0 fully saturated rings. The fourth-order valence-corrected chi connectivity index (χ4v) is 1.84. The highest BCUT2D eigenvalue weighted by atomic mass is 16.5. The molecule has 1 aromatic carbocycles. The molecule has 18 heavy (non-hydrogen) atoms. The molecule has 0 bridgehead atoms. The second-order valence-electron chi connectivity index (χ2n) is 5.56. The number of hydrogen-bond donors (Lipinski definition) is 0. The smallest absolute Gasteiger partial charge is 0.179 e. The van der Waals surface area contributed by atoms with E-state index in [2.05, 4.69) is 39.1 Å². The summed E-state index contributed by atoms with van der Waals surface area (Å²) in [5.74, 6) is 0.930. The van der Waals surface area contributed by atoms with Gasteiger partial charge in [-0.25, -0.2) is 0 Å². The van der Waals surface area contributed by atoms with Gasteiger partial charge in [-0.3, -0.25) is 0 Å². The lowest BCUT2D eigenvalue weighted by Crippen LogP contribution is -2.16. The number of benzene rings is 1. The molecule has 0 atom stereocenters. The Labute approximate surface area is 110 Å². The standard InChI is InChI=1S/C15H22N2O/c1-15(2,3)13-10-12(6-7-14(13)18-5)8-9-17(4)11-16/h6-7,10H,8-9H2,1-5H3.